The number of aromatic nitrogens is 2. The second kappa shape index (κ2) is 15.1. The first-order valence-electron chi connectivity index (χ1n) is 15.4. The number of hydrogen-bond donors (Lipinski definition) is 0. The Morgan fingerprint density at radius 3 is 2.44 bits per heavy atom. The zero-order valence-corrected chi connectivity index (χ0v) is 28.0. The number of aryl methyl sites for hydroxylation is 1. The minimum atomic E-state index is -4.33. The van der Waals surface area contributed by atoms with Gasteiger partial charge in [0, 0.05) is 36.1 Å². The average molecular weight is 676 g/mol. The van der Waals surface area contributed by atoms with Crippen molar-refractivity contribution in [3.05, 3.63) is 89.5 Å². The molecule has 0 spiro atoms. The van der Waals surface area contributed by atoms with Gasteiger partial charge in [0.25, 0.3) is 10.0 Å². The molecule has 4 aromatic rings. The third-order valence-electron chi connectivity index (χ3n) is 7.69. The van der Waals surface area contributed by atoms with Gasteiger partial charge in [-0.05, 0) is 49.8 Å². The number of carbonyl (C=O) groups excluding carboxylic acids is 2. The molecule has 1 aliphatic rings. The number of unbranched alkanes of at least 4 members (excludes halogenated alkanes) is 1. The van der Waals surface area contributed by atoms with Crippen LogP contribution in [0.3, 0.4) is 0 Å². The highest BCUT2D eigenvalue weighted by molar-refractivity contribution is 7.93. The van der Waals surface area contributed by atoms with Crippen LogP contribution in [-0.4, -0.2) is 58.0 Å². The molecule has 0 unspecified atom stereocenters. The van der Waals surface area contributed by atoms with Crippen LogP contribution in [0, 0.1) is 0 Å². The Bertz CT molecular complexity index is 1920. The smallest absolute Gasteiger partial charge is 0.334 e. The highest BCUT2D eigenvalue weighted by atomic mass is 32.2. The molecule has 0 N–H and O–H groups in total. The van der Waals surface area contributed by atoms with Gasteiger partial charge in [0.1, 0.15) is 17.3 Å². The molecule has 2 heterocycles. The van der Waals surface area contributed by atoms with E-state index in [1.165, 1.54) is 32.4 Å². The molecular formula is C35H37N3O9S. The molecule has 5 rings (SSSR count). The van der Waals surface area contributed by atoms with Gasteiger partial charge in [0.2, 0.25) is 13.2 Å². The summed E-state index contributed by atoms with van der Waals surface area (Å²) in [7, 11) is -1.36. The number of esters is 1. The number of sulfonamides is 1. The van der Waals surface area contributed by atoms with Gasteiger partial charge in [0.15, 0.2) is 11.5 Å². The summed E-state index contributed by atoms with van der Waals surface area (Å²) in [6, 6.07) is 15.9. The number of amides is 1. The molecule has 12 nitrogen and oxygen atoms in total. The molecule has 0 saturated heterocycles. The quantitative estimate of drug-likeness (QED) is 0.0903. The molecule has 0 bridgehead atoms. The average Bonchev–Trinajstić information content (AvgIpc) is 3.73. The highest BCUT2D eigenvalue weighted by Gasteiger charge is 2.29. The van der Waals surface area contributed by atoms with E-state index < -0.39 is 16.0 Å². The van der Waals surface area contributed by atoms with Crippen LogP contribution in [0.1, 0.15) is 43.8 Å². The Labute approximate surface area is 279 Å². The summed E-state index contributed by atoms with van der Waals surface area (Å²) in [6.45, 7) is 3.98. The molecule has 252 valence electrons. The molecule has 0 saturated carbocycles. The normalized spacial score (nSPS) is 12.5. The highest BCUT2D eigenvalue weighted by Crippen LogP contribution is 2.39. The van der Waals surface area contributed by atoms with E-state index in [4.69, 9.17) is 23.7 Å². The van der Waals surface area contributed by atoms with Crippen molar-refractivity contribution >= 4 is 34.2 Å². The van der Waals surface area contributed by atoms with Gasteiger partial charge in [-0.25, -0.2) is 22.5 Å². The molecule has 3 aromatic carbocycles. The maximum absolute atomic E-state index is 13.8. The Balaban J connectivity index is 1.70. The first kappa shape index (κ1) is 34.0. The molecule has 13 heteroatoms. The Kier molecular flexibility index (Phi) is 10.7. The van der Waals surface area contributed by atoms with Crippen LogP contribution in [0.15, 0.2) is 77.3 Å². The largest absolute Gasteiger partial charge is 0.497 e. The van der Waals surface area contributed by atoms with Crippen LogP contribution in [0.4, 0.5) is 5.69 Å². The van der Waals surface area contributed by atoms with Crippen molar-refractivity contribution in [1.29, 1.82) is 0 Å². The number of ether oxygens (including phenoxy) is 5. The van der Waals surface area contributed by atoms with Gasteiger partial charge < -0.3 is 23.7 Å². The van der Waals surface area contributed by atoms with Crippen molar-refractivity contribution in [2.24, 2.45) is 0 Å². The van der Waals surface area contributed by atoms with Crippen LogP contribution in [-0.2, 0) is 37.2 Å². The maximum Gasteiger partial charge on any atom is 0.334 e. The van der Waals surface area contributed by atoms with Gasteiger partial charge in [-0.2, -0.15) is 0 Å². The fourth-order valence-corrected chi connectivity index (χ4v) is 6.57. The van der Waals surface area contributed by atoms with Crippen molar-refractivity contribution in [3.8, 4) is 28.7 Å². The number of hydrogen-bond acceptors (Lipinski definition) is 10. The van der Waals surface area contributed by atoms with Crippen LogP contribution in [0.25, 0.3) is 11.8 Å². The zero-order valence-electron chi connectivity index (χ0n) is 27.2. The Hall–Kier alpha value is -5.30. The zero-order chi connectivity index (χ0) is 34.3. The third-order valence-corrected chi connectivity index (χ3v) is 9.36. The summed E-state index contributed by atoms with van der Waals surface area (Å²) in [5.41, 5.74) is 1.76. The fraction of sp³-hybridized carbons (Fsp3) is 0.286. The lowest BCUT2D eigenvalue weighted by atomic mass is 10.0. The molecule has 1 aromatic heterocycles. The number of carbonyl (C=O) groups is 2. The van der Waals surface area contributed by atoms with Crippen molar-refractivity contribution in [2.75, 3.05) is 31.9 Å². The molecule has 0 fully saturated rings. The number of benzene rings is 3. The predicted molar refractivity (Wildman–Crippen MR) is 178 cm³/mol. The maximum atomic E-state index is 13.8. The van der Waals surface area contributed by atoms with Crippen LogP contribution >= 0.6 is 0 Å². The van der Waals surface area contributed by atoms with E-state index in [2.05, 4.69) is 4.98 Å². The lowest BCUT2D eigenvalue weighted by Gasteiger charge is -2.23. The molecule has 0 aliphatic carbocycles. The van der Waals surface area contributed by atoms with E-state index in [-0.39, 0.29) is 42.4 Å². The summed E-state index contributed by atoms with van der Waals surface area (Å²) in [4.78, 5) is 30.7. The number of anilines is 1. The van der Waals surface area contributed by atoms with Gasteiger partial charge in [0.05, 0.1) is 49.0 Å². The lowest BCUT2D eigenvalue weighted by Crippen LogP contribution is -2.30. The summed E-state index contributed by atoms with van der Waals surface area (Å²) in [5.74, 6) is 1.93. The number of nitrogens with zero attached hydrogens (tertiary/aromatic N) is 3. The summed E-state index contributed by atoms with van der Waals surface area (Å²) >= 11 is 0. The third kappa shape index (κ3) is 7.00. The van der Waals surface area contributed by atoms with E-state index >= 15 is 0 Å². The Morgan fingerprint density at radius 1 is 1.02 bits per heavy atom. The van der Waals surface area contributed by atoms with E-state index in [0.29, 0.717) is 56.5 Å². The van der Waals surface area contributed by atoms with Crippen LogP contribution in [0.2, 0.25) is 0 Å². The first-order valence-corrected chi connectivity index (χ1v) is 16.8. The minimum absolute atomic E-state index is 0.0359. The number of rotatable bonds is 15. The molecule has 48 heavy (non-hydrogen) atoms. The molecular weight excluding hydrogens is 638 g/mol. The molecule has 0 radical (unpaired) electrons. The van der Waals surface area contributed by atoms with Gasteiger partial charge in [-0.3, -0.25) is 9.36 Å². The van der Waals surface area contributed by atoms with Gasteiger partial charge in [-0.1, -0.05) is 31.5 Å². The topological polar surface area (TPSA) is 135 Å². The lowest BCUT2D eigenvalue weighted by molar-refractivity contribution is -0.138. The van der Waals surface area contributed by atoms with Crippen LogP contribution in [0.5, 0.6) is 23.0 Å². The van der Waals surface area contributed by atoms with E-state index in [1.807, 2.05) is 6.92 Å². The van der Waals surface area contributed by atoms with Gasteiger partial charge >= 0.3 is 5.97 Å². The summed E-state index contributed by atoms with van der Waals surface area (Å²) < 4.78 is 57.7. The first-order chi connectivity index (χ1) is 23.2. The van der Waals surface area contributed by atoms with E-state index in [9.17, 15) is 18.0 Å². The van der Waals surface area contributed by atoms with Crippen molar-refractivity contribution in [1.82, 2.24) is 9.55 Å². The monoisotopic (exact) mass is 675 g/mol. The van der Waals surface area contributed by atoms with Crippen molar-refractivity contribution in [3.63, 3.8) is 0 Å². The predicted octanol–water partition coefficient (Wildman–Crippen LogP) is 5.50. The number of imidazole rings is 1. The number of methoxy groups -OCH3 is 2. The van der Waals surface area contributed by atoms with Gasteiger partial charge in [-0.15, -0.1) is 0 Å². The summed E-state index contributed by atoms with van der Waals surface area (Å²) in [6.07, 6.45) is 5.80. The molecule has 1 aliphatic heterocycles. The minimum Gasteiger partial charge on any atom is -0.497 e. The van der Waals surface area contributed by atoms with Crippen LogP contribution < -0.4 is 23.3 Å². The van der Waals surface area contributed by atoms with E-state index in [0.717, 1.165) is 12.8 Å². The van der Waals surface area contributed by atoms with Crippen molar-refractivity contribution < 1.29 is 41.7 Å². The standard InChI is InChI=1S/C35H37N3O9S/c1-5-7-13-34-36-21-26(17-25(35(40)45-6-2)16-24-18-32-33(47-23-46-32)20-31(24)44-4)38(34)29-15-14-27(43-3)19-30(29)37(22-39)48(41,42)28-11-9-8-10-12-28/h8-12,14-15,17-22H,5-7,13,16,23H2,1-4H3/b25-17+. The fourth-order valence-electron chi connectivity index (χ4n) is 5.32. The summed E-state index contributed by atoms with van der Waals surface area (Å²) in [5, 5.41) is 0. The molecule has 0 atom stereocenters. The Morgan fingerprint density at radius 2 is 1.77 bits per heavy atom. The second-order valence-electron chi connectivity index (χ2n) is 10.7. The second-order valence-corrected chi connectivity index (χ2v) is 12.5. The number of fused-ring (bicyclic) bond motifs is 1. The van der Waals surface area contributed by atoms with Crippen molar-refractivity contribution in [2.45, 2.75) is 44.4 Å². The SMILES string of the molecule is CCCCc1ncc(/C=C(\Cc2cc3c(cc2OC)OCO3)C(=O)OCC)n1-c1ccc(OC)cc1N(C=O)S(=O)(=O)c1ccccc1. The van der Waals surface area contributed by atoms with E-state index in [1.54, 1.807) is 66.2 Å². The molecule has 1 amide bonds.